The van der Waals surface area contributed by atoms with E-state index in [1.165, 1.54) is 11.8 Å². The summed E-state index contributed by atoms with van der Waals surface area (Å²) in [5.41, 5.74) is -3.71. The standard InChI is InChI=1S/C15H15F6N3O2/c1-8(24-3-2-22-7-12(24)25)13(26)23-11-5-9(14(16,17)18)4-10(6-11)15(19,20)21/h4-6,8,22H,2-3,7H2,1H3,(H,23,26). The molecule has 1 aliphatic rings. The average molecular weight is 383 g/mol. The van der Waals surface area contributed by atoms with Gasteiger partial charge in [-0.2, -0.15) is 26.3 Å². The smallest absolute Gasteiger partial charge is 0.329 e. The van der Waals surface area contributed by atoms with Crippen LogP contribution in [0.15, 0.2) is 18.2 Å². The Kier molecular flexibility index (Phi) is 5.49. The van der Waals surface area contributed by atoms with E-state index in [-0.39, 0.29) is 25.1 Å². The van der Waals surface area contributed by atoms with E-state index in [9.17, 15) is 35.9 Å². The van der Waals surface area contributed by atoms with Gasteiger partial charge in [0.15, 0.2) is 0 Å². The Morgan fingerprint density at radius 1 is 1.12 bits per heavy atom. The molecule has 1 saturated heterocycles. The fourth-order valence-corrected chi connectivity index (χ4v) is 2.45. The van der Waals surface area contributed by atoms with Crippen LogP contribution in [0.3, 0.4) is 0 Å². The van der Waals surface area contributed by atoms with Gasteiger partial charge in [-0.3, -0.25) is 9.59 Å². The Hall–Kier alpha value is -2.30. The molecule has 0 bridgehead atoms. The quantitative estimate of drug-likeness (QED) is 0.789. The summed E-state index contributed by atoms with van der Waals surface area (Å²) >= 11 is 0. The highest BCUT2D eigenvalue weighted by atomic mass is 19.4. The number of nitrogens with zero attached hydrogens (tertiary/aromatic N) is 1. The molecule has 2 amide bonds. The van der Waals surface area contributed by atoms with Crippen molar-refractivity contribution in [3.05, 3.63) is 29.3 Å². The van der Waals surface area contributed by atoms with Gasteiger partial charge < -0.3 is 15.5 Å². The number of nitrogens with one attached hydrogen (secondary N) is 2. The number of hydrogen-bond donors (Lipinski definition) is 2. The summed E-state index contributed by atoms with van der Waals surface area (Å²) in [6.07, 6.45) is -10.0. The molecule has 26 heavy (non-hydrogen) atoms. The first kappa shape index (κ1) is 20.0. The van der Waals surface area contributed by atoms with Crippen molar-refractivity contribution in [2.75, 3.05) is 25.0 Å². The van der Waals surface area contributed by atoms with Gasteiger partial charge in [-0.05, 0) is 25.1 Å². The van der Waals surface area contributed by atoms with E-state index in [1.807, 2.05) is 5.32 Å². The number of rotatable bonds is 3. The van der Waals surface area contributed by atoms with Crippen molar-refractivity contribution >= 4 is 17.5 Å². The van der Waals surface area contributed by atoms with Crippen molar-refractivity contribution in [3.63, 3.8) is 0 Å². The zero-order valence-electron chi connectivity index (χ0n) is 13.5. The summed E-state index contributed by atoms with van der Waals surface area (Å²) in [5.74, 6) is -1.27. The fraction of sp³-hybridized carbons (Fsp3) is 0.467. The molecular formula is C15H15F6N3O2. The lowest BCUT2D eigenvalue weighted by atomic mass is 10.1. The monoisotopic (exact) mass is 383 g/mol. The van der Waals surface area contributed by atoms with Crippen LogP contribution in [0.1, 0.15) is 18.1 Å². The van der Waals surface area contributed by atoms with Gasteiger partial charge in [0.25, 0.3) is 0 Å². The van der Waals surface area contributed by atoms with Gasteiger partial charge in [0.2, 0.25) is 11.8 Å². The second kappa shape index (κ2) is 7.14. The molecule has 1 unspecified atom stereocenters. The van der Waals surface area contributed by atoms with Gasteiger partial charge in [-0.25, -0.2) is 0 Å². The Balaban J connectivity index is 2.27. The molecule has 0 radical (unpaired) electrons. The van der Waals surface area contributed by atoms with Crippen LogP contribution in [0.4, 0.5) is 32.0 Å². The summed E-state index contributed by atoms with van der Waals surface area (Å²) < 4.78 is 77.0. The van der Waals surface area contributed by atoms with Crippen LogP contribution in [0.2, 0.25) is 0 Å². The zero-order valence-corrected chi connectivity index (χ0v) is 13.5. The number of carbonyl (C=O) groups excluding carboxylic acids is 2. The van der Waals surface area contributed by atoms with Crippen molar-refractivity contribution in [2.24, 2.45) is 0 Å². The van der Waals surface area contributed by atoms with Gasteiger partial charge in [0.05, 0.1) is 17.7 Å². The van der Waals surface area contributed by atoms with Crippen molar-refractivity contribution in [3.8, 4) is 0 Å². The number of piperazine rings is 1. The van der Waals surface area contributed by atoms with E-state index in [4.69, 9.17) is 0 Å². The van der Waals surface area contributed by atoms with Crippen LogP contribution in [-0.2, 0) is 21.9 Å². The normalized spacial score (nSPS) is 17.2. The van der Waals surface area contributed by atoms with Gasteiger partial charge in [-0.15, -0.1) is 0 Å². The van der Waals surface area contributed by atoms with Gasteiger partial charge in [-0.1, -0.05) is 0 Å². The first-order valence-corrected chi connectivity index (χ1v) is 7.50. The predicted molar refractivity (Wildman–Crippen MR) is 79.1 cm³/mol. The number of anilines is 1. The number of alkyl halides is 6. The van der Waals surface area contributed by atoms with Crippen molar-refractivity contribution in [1.82, 2.24) is 10.2 Å². The third-order valence-electron chi connectivity index (χ3n) is 3.83. The highest BCUT2D eigenvalue weighted by Gasteiger charge is 2.37. The third kappa shape index (κ3) is 4.65. The van der Waals surface area contributed by atoms with E-state index in [0.29, 0.717) is 18.7 Å². The van der Waals surface area contributed by atoms with Gasteiger partial charge >= 0.3 is 12.4 Å². The van der Waals surface area contributed by atoms with Crippen LogP contribution in [0, 0.1) is 0 Å². The molecule has 0 saturated carbocycles. The molecule has 0 spiro atoms. The van der Waals surface area contributed by atoms with E-state index >= 15 is 0 Å². The summed E-state index contributed by atoms with van der Waals surface area (Å²) in [6, 6.07) is -0.244. The van der Waals surface area contributed by atoms with Crippen LogP contribution in [0.25, 0.3) is 0 Å². The van der Waals surface area contributed by atoms with Crippen molar-refractivity contribution < 1.29 is 35.9 Å². The fourth-order valence-electron chi connectivity index (χ4n) is 2.45. The molecule has 1 atom stereocenters. The molecule has 0 aliphatic carbocycles. The third-order valence-corrected chi connectivity index (χ3v) is 3.83. The lowest BCUT2D eigenvalue weighted by molar-refractivity contribution is -0.143. The summed E-state index contributed by atoms with van der Waals surface area (Å²) in [7, 11) is 0. The Morgan fingerprint density at radius 3 is 2.12 bits per heavy atom. The molecule has 1 heterocycles. The first-order chi connectivity index (χ1) is 11.9. The molecule has 0 aromatic heterocycles. The number of halogens is 6. The molecule has 1 aliphatic heterocycles. The highest BCUT2D eigenvalue weighted by Crippen LogP contribution is 2.37. The molecule has 1 fully saturated rings. The molecule has 144 valence electrons. The molecule has 5 nitrogen and oxygen atoms in total. The van der Waals surface area contributed by atoms with E-state index in [0.717, 1.165) is 0 Å². The topological polar surface area (TPSA) is 61.4 Å². The molecule has 1 aromatic rings. The number of amides is 2. The minimum atomic E-state index is -5.01. The summed E-state index contributed by atoms with van der Waals surface area (Å²) in [4.78, 5) is 25.1. The van der Waals surface area contributed by atoms with Crippen LogP contribution < -0.4 is 10.6 Å². The lowest BCUT2D eigenvalue weighted by Gasteiger charge is -2.32. The maximum atomic E-state index is 12.8. The maximum absolute atomic E-state index is 12.8. The number of carbonyl (C=O) groups is 2. The Labute approximate surface area is 144 Å². The second-order valence-electron chi connectivity index (χ2n) is 5.72. The van der Waals surface area contributed by atoms with E-state index in [2.05, 4.69) is 5.32 Å². The Bertz CT molecular complexity index is 669. The Morgan fingerprint density at radius 2 is 1.65 bits per heavy atom. The average Bonchev–Trinajstić information content (AvgIpc) is 2.52. The molecular weight excluding hydrogens is 368 g/mol. The summed E-state index contributed by atoms with van der Waals surface area (Å²) in [5, 5.41) is 4.81. The van der Waals surface area contributed by atoms with Crippen molar-refractivity contribution in [1.29, 1.82) is 0 Å². The largest absolute Gasteiger partial charge is 0.416 e. The minimum Gasteiger partial charge on any atom is -0.329 e. The van der Waals surface area contributed by atoms with E-state index < -0.39 is 41.1 Å². The van der Waals surface area contributed by atoms with Gasteiger partial charge in [0.1, 0.15) is 6.04 Å². The minimum absolute atomic E-state index is 0.000595. The highest BCUT2D eigenvalue weighted by molar-refractivity contribution is 5.97. The SMILES string of the molecule is CC(C(=O)Nc1cc(C(F)(F)F)cc(C(F)(F)F)c1)N1CCNCC1=O. The van der Waals surface area contributed by atoms with E-state index in [1.54, 1.807) is 0 Å². The van der Waals surface area contributed by atoms with Crippen LogP contribution >= 0.6 is 0 Å². The zero-order chi connectivity index (χ0) is 19.7. The molecule has 11 heteroatoms. The lowest BCUT2D eigenvalue weighted by Crippen LogP contribution is -2.54. The molecule has 1 aromatic carbocycles. The second-order valence-corrected chi connectivity index (χ2v) is 5.72. The number of hydrogen-bond acceptors (Lipinski definition) is 3. The number of benzene rings is 1. The first-order valence-electron chi connectivity index (χ1n) is 7.50. The van der Waals surface area contributed by atoms with Gasteiger partial charge in [0, 0.05) is 18.8 Å². The molecule has 2 rings (SSSR count). The van der Waals surface area contributed by atoms with Crippen molar-refractivity contribution in [2.45, 2.75) is 25.3 Å². The predicted octanol–water partition coefficient (Wildman–Crippen LogP) is 2.48. The summed E-state index contributed by atoms with van der Waals surface area (Å²) in [6.45, 7) is 1.96. The maximum Gasteiger partial charge on any atom is 0.416 e. The van der Waals surface area contributed by atoms with Crippen LogP contribution in [0.5, 0.6) is 0 Å². The molecule has 2 N–H and O–H groups in total. The van der Waals surface area contributed by atoms with Crippen LogP contribution in [-0.4, -0.2) is 42.4 Å².